The van der Waals surface area contributed by atoms with Crippen LogP contribution < -0.4 is 0 Å². The van der Waals surface area contributed by atoms with Gasteiger partial charge in [-0.25, -0.2) is 0 Å². The highest BCUT2D eigenvalue weighted by Crippen LogP contribution is 2.20. The lowest BCUT2D eigenvalue weighted by Crippen LogP contribution is -2.22. The van der Waals surface area contributed by atoms with E-state index in [9.17, 15) is 14.9 Å². The number of aromatic nitrogens is 1. The van der Waals surface area contributed by atoms with Crippen LogP contribution in [0.15, 0.2) is 12.3 Å². The molecular weight excluding hydrogens is 220 g/mol. The van der Waals surface area contributed by atoms with Crippen LogP contribution in [0.25, 0.3) is 0 Å². The fraction of sp³-hybridized carbons (Fsp3) is 0.500. The van der Waals surface area contributed by atoms with Gasteiger partial charge in [-0.15, -0.1) is 0 Å². The Hall–Kier alpha value is -1.78. The molecule has 1 aromatic heterocycles. The largest absolute Gasteiger partial charge is 0.299 e. The van der Waals surface area contributed by atoms with Crippen molar-refractivity contribution in [1.29, 1.82) is 0 Å². The first-order chi connectivity index (χ1) is 7.71. The smallest absolute Gasteiger partial charge is 0.290 e. The molecule has 0 aliphatic heterocycles. The Kier molecular flexibility index (Phi) is 3.60. The number of carbonyl (C=O) groups is 1. The van der Waals surface area contributed by atoms with Crippen molar-refractivity contribution in [2.24, 2.45) is 5.41 Å². The Bertz CT molecular complexity index is 461. The van der Waals surface area contributed by atoms with Crippen LogP contribution in [0.3, 0.4) is 0 Å². The summed E-state index contributed by atoms with van der Waals surface area (Å²) in [7, 11) is 0. The van der Waals surface area contributed by atoms with Crippen molar-refractivity contribution in [1.82, 2.24) is 4.98 Å². The van der Waals surface area contributed by atoms with Gasteiger partial charge >= 0.3 is 0 Å². The molecule has 0 fully saturated rings. The molecule has 1 aromatic rings. The van der Waals surface area contributed by atoms with E-state index >= 15 is 0 Å². The number of pyridine rings is 1. The summed E-state index contributed by atoms with van der Waals surface area (Å²) in [6, 6.07) is 1.60. The van der Waals surface area contributed by atoms with Gasteiger partial charge in [-0.2, -0.15) is 0 Å². The van der Waals surface area contributed by atoms with Crippen molar-refractivity contribution in [3.05, 3.63) is 33.6 Å². The SMILES string of the molecule is Cc1cc(CC(=O)C(C)(C)C)ncc1[N+](=O)[O-]. The maximum Gasteiger partial charge on any atom is 0.290 e. The molecule has 0 radical (unpaired) electrons. The average molecular weight is 236 g/mol. The first-order valence-electron chi connectivity index (χ1n) is 5.35. The predicted octanol–water partition coefficient (Wildman–Crippen LogP) is 2.46. The zero-order valence-corrected chi connectivity index (χ0v) is 10.5. The molecule has 0 saturated heterocycles. The minimum atomic E-state index is -0.475. The Morgan fingerprint density at radius 2 is 2.06 bits per heavy atom. The monoisotopic (exact) mass is 236 g/mol. The van der Waals surface area contributed by atoms with E-state index in [0.717, 1.165) is 0 Å². The first kappa shape index (κ1) is 13.3. The summed E-state index contributed by atoms with van der Waals surface area (Å²) in [6.45, 7) is 7.17. The third kappa shape index (κ3) is 3.34. The van der Waals surface area contributed by atoms with Crippen LogP contribution in [0.4, 0.5) is 5.69 Å². The summed E-state index contributed by atoms with van der Waals surface area (Å²) < 4.78 is 0. The van der Waals surface area contributed by atoms with Crippen molar-refractivity contribution in [2.45, 2.75) is 34.1 Å². The van der Waals surface area contributed by atoms with Gasteiger partial charge in [-0.05, 0) is 13.0 Å². The standard InChI is InChI=1S/C12H16N2O3/c1-8-5-9(6-11(15)12(2,3)4)13-7-10(8)14(16)17/h5,7H,6H2,1-4H3. The topological polar surface area (TPSA) is 73.1 Å². The molecule has 5 heteroatoms. The van der Waals surface area contributed by atoms with Crippen LogP contribution in [0.1, 0.15) is 32.0 Å². The molecule has 5 nitrogen and oxygen atoms in total. The summed E-state index contributed by atoms with van der Waals surface area (Å²) in [5.41, 5.74) is 0.670. The molecule has 0 amide bonds. The molecular formula is C12H16N2O3. The van der Waals surface area contributed by atoms with E-state index in [1.54, 1.807) is 13.0 Å². The maximum atomic E-state index is 11.8. The normalized spacial score (nSPS) is 11.3. The lowest BCUT2D eigenvalue weighted by molar-refractivity contribution is -0.385. The van der Waals surface area contributed by atoms with E-state index in [4.69, 9.17) is 0 Å². The summed E-state index contributed by atoms with van der Waals surface area (Å²) in [4.78, 5) is 25.9. The molecule has 1 heterocycles. The van der Waals surface area contributed by atoms with Crippen molar-refractivity contribution < 1.29 is 9.72 Å². The quantitative estimate of drug-likeness (QED) is 0.596. The van der Waals surface area contributed by atoms with E-state index in [2.05, 4.69) is 4.98 Å². The van der Waals surface area contributed by atoms with Gasteiger partial charge in [0.1, 0.15) is 12.0 Å². The van der Waals surface area contributed by atoms with Gasteiger partial charge < -0.3 is 0 Å². The minimum absolute atomic E-state index is 0.0167. The molecule has 0 aliphatic rings. The second-order valence-electron chi connectivity index (χ2n) is 5.07. The number of nitrogens with zero attached hydrogens (tertiary/aromatic N) is 2. The summed E-state index contributed by atoms with van der Waals surface area (Å²) in [5, 5.41) is 10.6. The van der Waals surface area contributed by atoms with Crippen LogP contribution in [-0.4, -0.2) is 15.7 Å². The van der Waals surface area contributed by atoms with E-state index < -0.39 is 10.3 Å². The highest BCUT2D eigenvalue weighted by atomic mass is 16.6. The first-order valence-corrected chi connectivity index (χ1v) is 5.35. The van der Waals surface area contributed by atoms with Crippen LogP contribution in [0.5, 0.6) is 0 Å². The second-order valence-corrected chi connectivity index (χ2v) is 5.07. The molecule has 0 bridgehead atoms. The second kappa shape index (κ2) is 4.61. The lowest BCUT2D eigenvalue weighted by Gasteiger charge is -2.16. The summed E-state index contributed by atoms with van der Waals surface area (Å²) >= 11 is 0. The fourth-order valence-corrected chi connectivity index (χ4v) is 1.32. The maximum absolute atomic E-state index is 11.8. The summed E-state index contributed by atoms with van der Waals surface area (Å²) in [5.74, 6) is 0.0678. The van der Waals surface area contributed by atoms with Gasteiger partial charge in [-0.3, -0.25) is 19.9 Å². The zero-order chi connectivity index (χ0) is 13.2. The van der Waals surface area contributed by atoms with Crippen molar-refractivity contribution in [3.8, 4) is 0 Å². The molecule has 0 spiro atoms. The molecule has 1 rings (SSSR count). The van der Waals surface area contributed by atoms with Gasteiger partial charge in [0.05, 0.1) is 4.92 Å². The van der Waals surface area contributed by atoms with Crippen LogP contribution in [0, 0.1) is 22.5 Å². The molecule has 0 unspecified atom stereocenters. The molecule has 0 saturated carbocycles. The molecule has 0 aliphatic carbocycles. The number of carbonyl (C=O) groups excluding carboxylic acids is 1. The van der Waals surface area contributed by atoms with Crippen molar-refractivity contribution >= 4 is 11.5 Å². The van der Waals surface area contributed by atoms with E-state index in [1.165, 1.54) is 6.20 Å². The van der Waals surface area contributed by atoms with Gasteiger partial charge in [0.15, 0.2) is 0 Å². The Balaban J connectivity index is 2.92. The van der Waals surface area contributed by atoms with E-state index in [0.29, 0.717) is 11.3 Å². The predicted molar refractivity (Wildman–Crippen MR) is 63.8 cm³/mol. The molecule has 17 heavy (non-hydrogen) atoms. The molecule has 0 N–H and O–H groups in total. The minimum Gasteiger partial charge on any atom is -0.299 e. The number of hydrogen-bond acceptors (Lipinski definition) is 4. The van der Waals surface area contributed by atoms with E-state index in [1.807, 2.05) is 20.8 Å². The van der Waals surface area contributed by atoms with Crippen LogP contribution in [-0.2, 0) is 11.2 Å². The number of hydrogen-bond donors (Lipinski definition) is 0. The van der Waals surface area contributed by atoms with Crippen LogP contribution in [0.2, 0.25) is 0 Å². The molecule has 0 aromatic carbocycles. The number of ketones is 1. The highest BCUT2D eigenvalue weighted by molar-refractivity contribution is 5.85. The van der Waals surface area contributed by atoms with Crippen molar-refractivity contribution in [2.75, 3.05) is 0 Å². The number of aryl methyl sites for hydroxylation is 1. The average Bonchev–Trinajstić information content (AvgIpc) is 2.15. The number of rotatable bonds is 3. The van der Waals surface area contributed by atoms with Crippen molar-refractivity contribution in [3.63, 3.8) is 0 Å². The Morgan fingerprint density at radius 1 is 1.47 bits per heavy atom. The molecule has 0 atom stereocenters. The Labute approximate surface area is 100 Å². The van der Waals surface area contributed by atoms with Gasteiger partial charge in [0.25, 0.3) is 5.69 Å². The molecule has 92 valence electrons. The lowest BCUT2D eigenvalue weighted by atomic mass is 9.88. The van der Waals surface area contributed by atoms with Gasteiger partial charge in [-0.1, -0.05) is 20.8 Å². The van der Waals surface area contributed by atoms with Gasteiger partial charge in [0, 0.05) is 23.1 Å². The summed E-state index contributed by atoms with van der Waals surface area (Å²) in [6.07, 6.45) is 1.42. The zero-order valence-electron chi connectivity index (χ0n) is 10.5. The third-order valence-corrected chi connectivity index (χ3v) is 2.51. The fourth-order valence-electron chi connectivity index (χ4n) is 1.32. The third-order valence-electron chi connectivity index (χ3n) is 2.51. The van der Waals surface area contributed by atoms with E-state index in [-0.39, 0.29) is 17.9 Å². The van der Waals surface area contributed by atoms with Crippen LogP contribution >= 0.6 is 0 Å². The Morgan fingerprint density at radius 3 is 2.47 bits per heavy atom. The highest BCUT2D eigenvalue weighted by Gasteiger charge is 2.22. The number of nitro groups is 1. The number of Topliss-reactive ketones (excluding diaryl/α,β-unsaturated/α-hetero) is 1. The van der Waals surface area contributed by atoms with Gasteiger partial charge in [0.2, 0.25) is 0 Å².